The Labute approximate surface area is 94.7 Å². The first kappa shape index (κ1) is 11.6. The maximum absolute atomic E-state index is 5.73. The summed E-state index contributed by atoms with van der Waals surface area (Å²) in [6.07, 6.45) is 2.82. The van der Waals surface area contributed by atoms with Crippen molar-refractivity contribution in [1.82, 2.24) is 10.3 Å². The minimum absolute atomic E-state index is 0. The molecule has 1 aliphatic rings. The summed E-state index contributed by atoms with van der Waals surface area (Å²) < 4.78 is 0. The van der Waals surface area contributed by atoms with Gasteiger partial charge in [0.05, 0.1) is 5.02 Å². The lowest BCUT2D eigenvalue weighted by Gasteiger charge is -2.11. The van der Waals surface area contributed by atoms with Gasteiger partial charge in [0.15, 0.2) is 0 Å². The predicted octanol–water partition coefficient (Wildman–Crippen LogP) is 1.93. The van der Waals surface area contributed by atoms with Gasteiger partial charge in [0.1, 0.15) is 5.82 Å². The second-order valence-electron chi connectivity index (χ2n) is 3.20. The van der Waals surface area contributed by atoms with E-state index in [1.807, 2.05) is 12.1 Å². The highest BCUT2D eigenvalue weighted by Gasteiger charge is 2.13. The van der Waals surface area contributed by atoms with E-state index >= 15 is 0 Å². The highest BCUT2D eigenvalue weighted by molar-refractivity contribution is 6.30. The van der Waals surface area contributed by atoms with Gasteiger partial charge >= 0.3 is 0 Å². The van der Waals surface area contributed by atoms with E-state index in [0.717, 1.165) is 25.3 Å². The van der Waals surface area contributed by atoms with Crippen LogP contribution in [0.15, 0.2) is 18.3 Å². The second-order valence-corrected chi connectivity index (χ2v) is 3.63. The Morgan fingerprint density at radius 2 is 2.36 bits per heavy atom. The maximum Gasteiger partial charge on any atom is 0.126 e. The average Bonchev–Trinajstić information content (AvgIpc) is 2.62. The van der Waals surface area contributed by atoms with Crippen LogP contribution < -0.4 is 10.6 Å². The lowest BCUT2D eigenvalue weighted by atomic mass is 10.2. The molecule has 1 atom stereocenters. The van der Waals surface area contributed by atoms with E-state index in [1.165, 1.54) is 0 Å². The van der Waals surface area contributed by atoms with Gasteiger partial charge in [-0.2, -0.15) is 0 Å². The smallest absolute Gasteiger partial charge is 0.126 e. The number of aromatic nitrogens is 1. The molecule has 0 amide bonds. The summed E-state index contributed by atoms with van der Waals surface area (Å²) in [5.74, 6) is 0.901. The first-order chi connectivity index (χ1) is 6.34. The zero-order chi connectivity index (χ0) is 9.10. The molecule has 1 fully saturated rings. The fourth-order valence-corrected chi connectivity index (χ4v) is 1.56. The number of hydrogen-bond acceptors (Lipinski definition) is 3. The molecule has 0 saturated carbocycles. The van der Waals surface area contributed by atoms with Crippen LogP contribution in [0.2, 0.25) is 5.02 Å². The van der Waals surface area contributed by atoms with Gasteiger partial charge in [0, 0.05) is 18.8 Å². The molecule has 1 saturated heterocycles. The van der Waals surface area contributed by atoms with E-state index in [2.05, 4.69) is 15.6 Å². The summed E-state index contributed by atoms with van der Waals surface area (Å²) in [6, 6.07) is 4.26. The molecular formula is C9H13Cl2N3. The van der Waals surface area contributed by atoms with Crippen molar-refractivity contribution in [3.05, 3.63) is 23.4 Å². The van der Waals surface area contributed by atoms with Crippen molar-refractivity contribution in [1.29, 1.82) is 0 Å². The van der Waals surface area contributed by atoms with E-state index in [1.54, 1.807) is 6.20 Å². The number of nitrogens with zero attached hydrogens (tertiary/aromatic N) is 1. The highest BCUT2D eigenvalue weighted by atomic mass is 35.5. The Morgan fingerprint density at radius 1 is 1.50 bits per heavy atom. The van der Waals surface area contributed by atoms with Crippen LogP contribution in [-0.4, -0.2) is 24.1 Å². The lowest BCUT2D eigenvalue weighted by molar-refractivity contribution is 0.788. The number of halogens is 2. The van der Waals surface area contributed by atoms with Gasteiger partial charge in [-0.05, 0) is 25.1 Å². The Balaban J connectivity index is 0.000000980. The van der Waals surface area contributed by atoms with Gasteiger partial charge in [0.25, 0.3) is 0 Å². The van der Waals surface area contributed by atoms with E-state index < -0.39 is 0 Å². The minimum atomic E-state index is 0. The topological polar surface area (TPSA) is 37.0 Å². The number of rotatable bonds is 2. The summed E-state index contributed by atoms with van der Waals surface area (Å²) in [5, 5.41) is 7.30. The van der Waals surface area contributed by atoms with Crippen LogP contribution in [0.1, 0.15) is 6.42 Å². The molecule has 0 radical (unpaired) electrons. The number of anilines is 1. The molecule has 0 spiro atoms. The van der Waals surface area contributed by atoms with Crippen LogP contribution in [0.25, 0.3) is 0 Å². The first-order valence-corrected chi connectivity index (χ1v) is 4.81. The van der Waals surface area contributed by atoms with Gasteiger partial charge in [-0.25, -0.2) is 4.98 Å². The Hall–Kier alpha value is -0.510. The van der Waals surface area contributed by atoms with Gasteiger partial charge in [-0.1, -0.05) is 11.6 Å². The molecule has 3 nitrogen and oxygen atoms in total. The van der Waals surface area contributed by atoms with Crippen LogP contribution in [0.4, 0.5) is 5.82 Å². The molecule has 78 valence electrons. The van der Waals surface area contributed by atoms with Crippen molar-refractivity contribution in [2.24, 2.45) is 0 Å². The molecule has 0 aliphatic carbocycles. The van der Waals surface area contributed by atoms with Crippen LogP contribution in [0.3, 0.4) is 0 Å². The van der Waals surface area contributed by atoms with E-state index in [0.29, 0.717) is 11.1 Å². The van der Waals surface area contributed by atoms with Gasteiger partial charge in [-0.15, -0.1) is 12.4 Å². The zero-order valence-electron chi connectivity index (χ0n) is 7.66. The van der Waals surface area contributed by atoms with Crippen molar-refractivity contribution < 1.29 is 0 Å². The Bertz CT molecular complexity index is 270. The van der Waals surface area contributed by atoms with Gasteiger partial charge in [-0.3, -0.25) is 0 Å². The molecule has 0 bridgehead atoms. The van der Waals surface area contributed by atoms with Gasteiger partial charge in [0.2, 0.25) is 0 Å². The Morgan fingerprint density at radius 3 is 2.93 bits per heavy atom. The fourth-order valence-electron chi connectivity index (χ4n) is 1.45. The van der Waals surface area contributed by atoms with E-state index in [-0.39, 0.29) is 12.4 Å². The summed E-state index contributed by atoms with van der Waals surface area (Å²) in [7, 11) is 0. The highest BCUT2D eigenvalue weighted by Crippen LogP contribution is 2.12. The summed E-state index contributed by atoms with van der Waals surface area (Å²) in [4.78, 5) is 4.17. The van der Waals surface area contributed by atoms with Crippen LogP contribution in [0.5, 0.6) is 0 Å². The van der Waals surface area contributed by atoms with Crippen LogP contribution in [-0.2, 0) is 0 Å². The maximum atomic E-state index is 5.73. The fraction of sp³-hybridized carbons (Fsp3) is 0.444. The number of pyridine rings is 1. The third-order valence-electron chi connectivity index (χ3n) is 2.14. The Kier molecular flexibility index (Phi) is 4.45. The van der Waals surface area contributed by atoms with Crippen LogP contribution >= 0.6 is 24.0 Å². The molecule has 1 aliphatic heterocycles. The van der Waals surface area contributed by atoms with Crippen molar-refractivity contribution >= 4 is 29.8 Å². The molecule has 1 aromatic heterocycles. The largest absolute Gasteiger partial charge is 0.366 e. The molecule has 2 heterocycles. The lowest BCUT2D eigenvalue weighted by Crippen LogP contribution is -2.22. The molecule has 2 rings (SSSR count). The molecule has 2 N–H and O–H groups in total. The zero-order valence-corrected chi connectivity index (χ0v) is 9.24. The first-order valence-electron chi connectivity index (χ1n) is 4.43. The quantitative estimate of drug-likeness (QED) is 0.820. The van der Waals surface area contributed by atoms with Crippen molar-refractivity contribution in [3.8, 4) is 0 Å². The monoisotopic (exact) mass is 233 g/mol. The summed E-state index contributed by atoms with van der Waals surface area (Å²) in [6.45, 7) is 2.11. The third kappa shape index (κ3) is 3.01. The second kappa shape index (κ2) is 5.39. The molecular weight excluding hydrogens is 221 g/mol. The summed E-state index contributed by atoms with van der Waals surface area (Å²) >= 11 is 5.73. The predicted molar refractivity (Wildman–Crippen MR) is 61.4 cm³/mol. The summed E-state index contributed by atoms with van der Waals surface area (Å²) in [5.41, 5.74) is 0. The third-order valence-corrected chi connectivity index (χ3v) is 2.36. The molecule has 5 heteroatoms. The van der Waals surface area contributed by atoms with Crippen molar-refractivity contribution in [2.75, 3.05) is 18.4 Å². The normalized spacial score (nSPS) is 20.2. The minimum Gasteiger partial charge on any atom is -0.366 e. The number of nitrogens with one attached hydrogen (secondary N) is 2. The molecule has 1 unspecified atom stereocenters. The van der Waals surface area contributed by atoms with E-state index in [9.17, 15) is 0 Å². The van der Waals surface area contributed by atoms with Gasteiger partial charge < -0.3 is 10.6 Å². The van der Waals surface area contributed by atoms with E-state index in [4.69, 9.17) is 11.6 Å². The van der Waals surface area contributed by atoms with Crippen molar-refractivity contribution in [2.45, 2.75) is 12.5 Å². The van der Waals surface area contributed by atoms with Crippen molar-refractivity contribution in [3.63, 3.8) is 0 Å². The molecule has 14 heavy (non-hydrogen) atoms. The molecule has 1 aromatic rings. The SMILES string of the molecule is Cl.Clc1ccc(NC2CCNC2)nc1. The van der Waals surface area contributed by atoms with Crippen LogP contribution in [0, 0.1) is 0 Å². The standard InChI is InChI=1S/C9H12ClN3.ClH/c10-7-1-2-9(12-5-7)13-8-3-4-11-6-8;/h1-2,5,8,11H,3-4,6H2,(H,12,13);1H. The average molecular weight is 234 g/mol. The molecule has 0 aromatic carbocycles. The number of hydrogen-bond donors (Lipinski definition) is 2.